The first kappa shape index (κ1) is 9.99. The smallest absolute Gasteiger partial charge is 0.225 e. The van der Waals surface area contributed by atoms with Gasteiger partial charge in [-0.1, -0.05) is 24.6 Å². The van der Waals surface area contributed by atoms with E-state index in [-0.39, 0.29) is 5.91 Å². The standard InChI is InChI=1S/C9H11ClN2O/c1-2-4-9(13)12-8-6-3-5-7(10)11-8/h3,5-6H,2,4H2,1H3,(H,11,12,13). The highest BCUT2D eigenvalue weighted by Gasteiger charge is 2.01. The molecule has 0 unspecified atom stereocenters. The highest BCUT2D eigenvalue weighted by molar-refractivity contribution is 6.29. The predicted octanol–water partition coefficient (Wildman–Crippen LogP) is 2.47. The molecule has 0 atom stereocenters. The van der Waals surface area contributed by atoms with Gasteiger partial charge in [-0.15, -0.1) is 0 Å². The van der Waals surface area contributed by atoms with Crippen molar-refractivity contribution in [1.82, 2.24) is 4.98 Å². The molecule has 70 valence electrons. The Labute approximate surface area is 82.1 Å². The lowest BCUT2D eigenvalue weighted by Gasteiger charge is -2.02. The van der Waals surface area contributed by atoms with E-state index in [9.17, 15) is 4.79 Å². The van der Waals surface area contributed by atoms with E-state index in [4.69, 9.17) is 11.6 Å². The Morgan fingerprint density at radius 2 is 2.38 bits per heavy atom. The fourth-order valence-electron chi connectivity index (χ4n) is 0.910. The van der Waals surface area contributed by atoms with Crippen molar-refractivity contribution < 1.29 is 4.79 Å². The minimum absolute atomic E-state index is 0.0303. The van der Waals surface area contributed by atoms with Crippen molar-refractivity contribution in [3.8, 4) is 0 Å². The maximum atomic E-state index is 11.1. The number of halogens is 1. The molecule has 1 amide bonds. The van der Waals surface area contributed by atoms with Gasteiger partial charge in [0.1, 0.15) is 11.0 Å². The van der Waals surface area contributed by atoms with Gasteiger partial charge in [0.05, 0.1) is 0 Å². The number of pyridine rings is 1. The number of nitrogens with zero attached hydrogens (tertiary/aromatic N) is 1. The topological polar surface area (TPSA) is 42.0 Å². The summed E-state index contributed by atoms with van der Waals surface area (Å²) < 4.78 is 0. The van der Waals surface area contributed by atoms with Crippen LogP contribution in [0.1, 0.15) is 19.8 Å². The van der Waals surface area contributed by atoms with Gasteiger partial charge in [0.25, 0.3) is 0 Å². The van der Waals surface area contributed by atoms with E-state index in [1.807, 2.05) is 6.92 Å². The van der Waals surface area contributed by atoms with Crippen LogP contribution in [0.5, 0.6) is 0 Å². The minimum atomic E-state index is -0.0303. The monoisotopic (exact) mass is 198 g/mol. The van der Waals surface area contributed by atoms with E-state index in [2.05, 4.69) is 10.3 Å². The minimum Gasteiger partial charge on any atom is -0.311 e. The molecule has 1 aromatic heterocycles. The molecule has 0 bridgehead atoms. The van der Waals surface area contributed by atoms with Crippen LogP contribution in [0.15, 0.2) is 18.2 Å². The number of aromatic nitrogens is 1. The fraction of sp³-hybridized carbons (Fsp3) is 0.333. The molecule has 0 aliphatic heterocycles. The van der Waals surface area contributed by atoms with Gasteiger partial charge >= 0.3 is 0 Å². The summed E-state index contributed by atoms with van der Waals surface area (Å²) in [4.78, 5) is 15.1. The van der Waals surface area contributed by atoms with Crippen LogP contribution in [0.3, 0.4) is 0 Å². The highest BCUT2D eigenvalue weighted by atomic mass is 35.5. The van der Waals surface area contributed by atoms with Crippen molar-refractivity contribution in [1.29, 1.82) is 0 Å². The third-order valence-corrected chi connectivity index (χ3v) is 1.67. The summed E-state index contributed by atoms with van der Waals surface area (Å²) in [5.41, 5.74) is 0. The highest BCUT2D eigenvalue weighted by Crippen LogP contribution is 2.09. The zero-order valence-corrected chi connectivity index (χ0v) is 8.14. The van der Waals surface area contributed by atoms with E-state index >= 15 is 0 Å². The Morgan fingerprint density at radius 1 is 1.62 bits per heavy atom. The third-order valence-electron chi connectivity index (χ3n) is 1.46. The second-order valence-electron chi connectivity index (χ2n) is 2.64. The summed E-state index contributed by atoms with van der Waals surface area (Å²) in [5.74, 6) is 0.475. The van der Waals surface area contributed by atoms with Crippen molar-refractivity contribution in [2.24, 2.45) is 0 Å². The summed E-state index contributed by atoms with van der Waals surface area (Å²) in [6.45, 7) is 1.95. The summed E-state index contributed by atoms with van der Waals surface area (Å²) >= 11 is 5.64. The first-order valence-electron chi connectivity index (χ1n) is 4.14. The average Bonchev–Trinajstić information content (AvgIpc) is 2.04. The Bertz CT molecular complexity index is 301. The second-order valence-corrected chi connectivity index (χ2v) is 3.03. The lowest BCUT2D eigenvalue weighted by atomic mass is 10.3. The van der Waals surface area contributed by atoms with Crippen LogP contribution in [0.25, 0.3) is 0 Å². The average molecular weight is 199 g/mol. The van der Waals surface area contributed by atoms with E-state index in [1.54, 1.807) is 18.2 Å². The number of hydrogen-bond acceptors (Lipinski definition) is 2. The summed E-state index contributed by atoms with van der Waals surface area (Å²) in [6, 6.07) is 5.12. The number of nitrogens with one attached hydrogen (secondary N) is 1. The molecule has 13 heavy (non-hydrogen) atoms. The van der Waals surface area contributed by atoms with E-state index in [1.165, 1.54) is 0 Å². The SMILES string of the molecule is CCCC(=O)Nc1cccc(Cl)n1. The van der Waals surface area contributed by atoms with Gasteiger partial charge in [-0.25, -0.2) is 4.98 Å². The zero-order chi connectivity index (χ0) is 9.68. The zero-order valence-electron chi connectivity index (χ0n) is 7.38. The molecule has 1 N–H and O–H groups in total. The Hall–Kier alpha value is -1.09. The number of hydrogen-bond donors (Lipinski definition) is 1. The van der Waals surface area contributed by atoms with Gasteiger partial charge in [0, 0.05) is 6.42 Å². The third kappa shape index (κ3) is 3.42. The van der Waals surface area contributed by atoms with Gasteiger partial charge < -0.3 is 5.32 Å². The maximum Gasteiger partial charge on any atom is 0.225 e. The van der Waals surface area contributed by atoms with Crippen LogP contribution in [0, 0.1) is 0 Å². The Balaban J connectivity index is 2.58. The van der Waals surface area contributed by atoms with Gasteiger partial charge in [-0.2, -0.15) is 0 Å². The van der Waals surface area contributed by atoms with Crippen molar-refractivity contribution in [2.45, 2.75) is 19.8 Å². The van der Waals surface area contributed by atoms with Crippen LogP contribution < -0.4 is 5.32 Å². The molecule has 0 saturated heterocycles. The Kier molecular flexibility index (Phi) is 3.71. The lowest BCUT2D eigenvalue weighted by Crippen LogP contribution is -2.11. The Morgan fingerprint density at radius 3 is 3.00 bits per heavy atom. The van der Waals surface area contributed by atoms with Crippen LogP contribution in [-0.2, 0) is 4.79 Å². The molecule has 0 spiro atoms. The summed E-state index contributed by atoms with van der Waals surface area (Å²) in [6.07, 6.45) is 1.33. The number of rotatable bonds is 3. The van der Waals surface area contributed by atoms with Crippen molar-refractivity contribution >= 4 is 23.3 Å². The molecular formula is C9H11ClN2O. The van der Waals surface area contributed by atoms with Crippen LogP contribution in [0.4, 0.5) is 5.82 Å². The molecule has 0 fully saturated rings. The van der Waals surface area contributed by atoms with Gasteiger partial charge in [-0.05, 0) is 18.6 Å². The molecule has 0 aliphatic rings. The molecule has 0 aromatic carbocycles. The number of carbonyl (C=O) groups excluding carboxylic acids is 1. The largest absolute Gasteiger partial charge is 0.311 e. The second kappa shape index (κ2) is 4.82. The quantitative estimate of drug-likeness (QED) is 0.759. The molecule has 0 saturated carbocycles. The van der Waals surface area contributed by atoms with E-state index in [0.717, 1.165) is 6.42 Å². The summed E-state index contributed by atoms with van der Waals surface area (Å²) in [5, 5.41) is 3.03. The normalized spacial score (nSPS) is 9.69. The van der Waals surface area contributed by atoms with Crippen molar-refractivity contribution in [3.63, 3.8) is 0 Å². The fourth-order valence-corrected chi connectivity index (χ4v) is 1.07. The van der Waals surface area contributed by atoms with E-state index < -0.39 is 0 Å². The van der Waals surface area contributed by atoms with Gasteiger partial charge in [0.2, 0.25) is 5.91 Å². The van der Waals surface area contributed by atoms with Crippen LogP contribution in [-0.4, -0.2) is 10.9 Å². The van der Waals surface area contributed by atoms with Crippen LogP contribution in [0.2, 0.25) is 5.15 Å². The van der Waals surface area contributed by atoms with Gasteiger partial charge in [-0.3, -0.25) is 4.79 Å². The molecule has 1 rings (SSSR count). The molecule has 3 nitrogen and oxygen atoms in total. The molecule has 1 aromatic rings. The van der Waals surface area contributed by atoms with Crippen LogP contribution >= 0.6 is 11.6 Å². The molecule has 0 radical (unpaired) electrons. The predicted molar refractivity (Wildman–Crippen MR) is 52.8 cm³/mol. The number of anilines is 1. The molecule has 1 heterocycles. The summed E-state index contributed by atoms with van der Waals surface area (Å²) in [7, 11) is 0. The molecule has 4 heteroatoms. The maximum absolute atomic E-state index is 11.1. The lowest BCUT2D eigenvalue weighted by molar-refractivity contribution is -0.116. The van der Waals surface area contributed by atoms with E-state index in [0.29, 0.717) is 17.4 Å². The molecule has 0 aliphatic carbocycles. The molecular weight excluding hydrogens is 188 g/mol. The van der Waals surface area contributed by atoms with Crippen molar-refractivity contribution in [2.75, 3.05) is 5.32 Å². The van der Waals surface area contributed by atoms with Gasteiger partial charge in [0.15, 0.2) is 0 Å². The first-order chi connectivity index (χ1) is 6.22. The number of amides is 1. The van der Waals surface area contributed by atoms with Crippen molar-refractivity contribution in [3.05, 3.63) is 23.4 Å². The first-order valence-corrected chi connectivity index (χ1v) is 4.52. The number of carbonyl (C=O) groups is 1.